The zero-order valence-corrected chi connectivity index (χ0v) is 20.0. The second-order valence-electron chi connectivity index (χ2n) is 6.02. The van der Waals surface area contributed by atoms with Gasteiger partial charge >= 0.3 is 0 Å². The first-order valence-electron chi connectivity index (χ1n) is 11.2. The Balaban J connectivity index is 0. The zero-order chi connectivity index (χ0) is 24.5. The van der Waals surface area contributed by atoms with Crippen molar-refractivity contribution in [3.63, 3.8) is 0 Å². The molecule has 200 valence electrons. The summed E-state index contributed by atoms with van der Waals surface area (Å²) in [6, 6.07) is 0. The molecule has 0 saturated carbocycles. The number of carbonyl (C=O) groups excluding carboxylic acids is 1. The van der Waals surface area contributed by atoms with E-state index < -0.39 is 0 Å². The molecule has 0 aromatic rings. The highest BCUT2D eigenvalue weighted by molar-refractivity contribution is 5.10. The van der Waals surface area contributed by atoms with Crippen LogP contribution in [-0.2, 0) is 47.4 Å². The summed E-state index contributed by atoms with van der Waals surface area (Å²) in [5, 5.41) is 8.54. The van der Waals surface area contributed by atoms with Crippen molar-refractivity contribution < 1.29 is 52.5 Å². The quantitative estimate of drug-likeness (QED) is 0.129. The van der Waals surface area contributed by atoms with Crippen LogP contribution in [0.5, 0.6) is 0 Å². The average molecular weight is 488 g/mol. The van der Waals surface area contributed by atoms with Crippen LogP contribution in [0.1, 0.15) is 0 Å². The van der Waals surface area contributed by atoms with Crippen LogP contribution in [0.15, 0.2) is 0 Å². The molecule has 0 bridgehead atoms. The summed E-state index contributed by atoms with van der Waals surface area (Å²) in [5.74, 6) is 0. The molecule has 33 heavy (non-hydrogen) atoms. The number of aliphatic hydroxyl groups excluding tert-OH is 1. The van der Waals surface area contributed by atoms with Gasteiger partial charge in [0.15, 0.2) is 0 Å². The Morgan fingerprint density at radius 2 is 0.576 bits per heavy atom. The fourth-order valence-electron chi connectivity index (χ4n) is 2.01. The van der Waals surface area contributed by atoms with Gasteiger partial charge in [-0.15, -0.1) is 0 Å². The molecule has 12 heteroatoms. The van der Waals surface area contributed by atoms with E-state index in [1.165, 1.54) is 0 Å². The Hall–Kier alpha value is -0.770. The van der Waals surface area contributed by atoms with Gasteiger partial charge in [0, 0.05) is 6.54 Å². The third-order valence-corrected chi connectivity index (χ3v) is 3.47. The highest BCUT2D eigenvalue weighted by Crippen LogP contribution is 1.86. The lowest BCUT2D eigenvalue weighted by Crippen LogP contribution is -2.15. The largest absolute Gasteiger partial charge is 0.394 e. The van der Waals surface area contributed by atoms with Gasteiger partial charge in [0.05, 0.1) is 126 Å². The molecule has 0 spiro atoms. The highest BCUT2D eigenvalue weighted by Gasteiger charge is 1.95. The second kappa shape index (κ2) is 35.8. The molecule has 0 aromatic heterocycles. The lowest BCUT2D eigenvalue weighted by molar-refractivity contribution is -0.0980. The van der Waals surface area contributed by atoms with Crippen LogP contribution in [0.4, 0.5) is 0 Å². The fraction of sp³-hybridized carbons (Fsp3) is 0.952. The van der Waals surface area contributed by atoms with Gasteiger partial charge in [0.25, 0.3) is 0 Å². The molecule has 0 aromatic carbocycles. The summed E-state index contributed by atoms with van der Waals surface area (Å²) < 4.78 is 47.9. The smallest absolute Gasteiger partial charge is 0.106 e. The standard InChI is InChI=1S/C20H43NO10.CH2O/c21-1-3-23-5-7-25-9-11-27-13-15-29-17-19-31-20-18-30-16-14-28-12-10-26-8-6-24-4-2-22;1-2/h22H,1-21H2;1H2. The maximum Gasteiger partial charge on any atom is 0.106 e. The van der Waals surface area contributed by atoms with Gasteiger partial charge in [0.2, 0.25) is 0 Å². The molecular weight excluding hydrogens is 442 g/mol. The third kappa shape index (κ3) is 36.0. The van der Waals surface area contributed by atoms with Gasteiger partial charge in [-0.2, -0.15) is 0 Å². The number of carbonyl (C=O) groups is 1. The van der Waals surface area contributed by atoms with Gasteiger partial charge in [-0.3, -0.25) is 0 Å². The van der Waals surface area contributed by atoms with Crippen molar-refractivity contribution in [3.8, 4) is 0 Å². The number of ether oxygens (including phenoxy) is 9. The van der Waals surface area contributed by atoms with E-state index in [1.54, 1.807) is 0 Å². The summed E-state index contributed by atoms with van der Waals surface area (Å²) in [6.07, 6.45) is 0. The maximum atomic E-state index is 8.54. The van der Waals surface area contributed by atoms with E-state index in [2.05, 4.69) is 0 Å². The highest BCUT2D eigenvalue weighted by atomic mass is 16.6. The molecule has 0 atom stereocenters. The minimum Gasteiger partial charge on any atom is -0.394 e. The number of nitrogens with two attached hydrogens (primary N) is 1. The predicted molar refractivity (Wildman–Crippen MR) is 121 cm³/mol. The molecule has 0 amide bonds. The summed E-state index contributed by atoms with van der Waals surface area (Å²) in [7, 11) is 0. The van der Waals surface area contributed by atoms with Crippen molar-refractivity contribution in [2.24, 2.45) is 5.73 Å². The van der Waals surface area contributed by atoms with E-state index in [0.29, 0.717) is 125 Å². The summed E-state index contributed by atoms with van der Waals surface area (Å²) in [5.41, 5.74) is 5.31. The molecule has 12 nitrogen and oxygen atoms in total. The van der Waals surface area contributed by atoms with Gasteiger partial charge in [-0.25, -0.2) is 0 Å². The van der Waals surface area contributed by atoms with Gasteiger partial charge in [-0.05, 0) is 0 Å². The molecule has 0 aliphatic heterocycles. The molecule has 0 heterocycles. The predicted octanol–water partition coefficient (Wildman–Crippen LogP) is -1.10. The van der Waals surface area contributed by atoms with E-state index in [9.17, 15) is 0 Å². The zero-order valence-electron chi connectivity index (χ0n) is 20.0. The first-order chi connectivity index (χ1) is 16.4. The first kappa shape index (κ1) is 34.4. The molecule has 0 unspecified atom stereocenters. The van der Waals surface area contributed by atoms with Crippen LogP contribution in [0.2, 0.25) is 0 Å². The van der Waals surface area contributed by atoms with Crippen molar-refractivity contribution in [2.75, 3.05) is 132 Å². The van der Waals surface area contributed by atoms with Crippen molar-refractivity contribution in [2.45, 2.75) is 0 Å². The molecule has 0 aliphatic carbocycles. The monoisotopic (exact) mass is 487 g/mol. The second-order valence-corrected chi connectivity index (χ2v) is 6.02. The molecular formula is C21H45NO11. The lowest BCUT2D eigenvalue weighted by Gasteiger charge is -2.08. The Morgan fingerprint density at radius 3 is 0.758 bits per heavy atom. The Morgan fingerprint density at radius 1 is 0.394 bits per heavy atom. The summed E-state index contributed by atoms with van der Waals surface area (Å²) in [4.78, 5) is 8.00. The molecule has 0 fully saturated rings. The normalized spacial score (nSPS) is 10.8. The number of hydrogen-bond acceptors (Lipinski definition) is 12. The Kier molecular flexibility index (Phi) is 37.3. The van der Waals surface area contributed by atoms with Crippen LogP contribution in [0.25, 0.3) is 0 Å². The van der Waals surface area contributed by atoms with E-state index in [0.717, 1.165) is 0 Å². The van der Waals surface area contributed by atoms with Crippen LogP contribution in [-0.4, -0.2) is 144 Å². The molecule has 0 saturated heterocycles. The van der Waals surface area contributed by atoms with Gasteiger partial charge in [-0.1, -0.05) is 0 Å². The lowest BCUT2D eigenvalue weighted by atomic mass is 10.6. The van der Waals surface area contributed by atoms with E-state index >= 15 is 0 Å². The topological polar surface area (TPSA) is 146 Å². The summed E-state index contributed by atoms with van der Waals surface area (Å²) >= 11 is 0. The molecule has 0 aliphatic rings. The Labute approximate surface area is 197 Å². The SMILES string of the molecule is C=O.NCCOCCOCCOCCOCCOCCOCCOCCOCCOCCO. The van der Waals surface area contributed by atoms with Crippen molar-refractivity contribution in [1.29, 1.82) is 0 Å². The van der Waals surface area contributed by atoms with Gasteiger partial charge < -0.3 is 58.3 Å². The number of hydrogen-bond donors (Lipinski definition) is 2. The van der Waals surface area contributed by atoms with E-state index in [1.807, 2.05) is 6.79 Å². The molecule has 3 N–H and O–H groups in total. The van der Waals surface area contributed by atoms with Gasteiger partial charge in [0.1, 0.15) is 6.79 Å². The minimum atomic E-state index is 0.0301. The van der Waals surface area contributed by atoms with E-state index in [4.69, 9.17) is 58.3 Å². The summed E-state index contributed by atoms with van der Waals surface area (Å²) in [6.45, 7) is 11.8. The average Bonchev–Trinajstić information content (AvgIpc) is 2.85. The van der Waals surface area contributed by atoms with Crippen LogP contribution < -0.4 is 5.73 Å². The first-order valence-corrected chi connectivity index (χ1v) is 11.2. The van der Waals surface area contributed by atoms with Crippen molar-refractivity contribution in [3.05, 3.63) is 0 Å². The third-order valence-electron chi connectivity index (χ3n) is 3.47. The molecule has 0 radical (unpaired) electrons. The van der Waals surface area contributed by atoms with Crippen LogP contribution in [0.3, 0.4) is 0 Å². The molecule has 0 rings (SSSR count). The van der Waals surface area contributed by atoms with Crippen LogP contribution in [0, 0.1) is 0 Å². The van der Waals surface area contributed by atoms with Crippen molar-refractivity contribution >= 4 is 6.79 Å². The van der Waals surface area contributed by atoms with Crippen molar-refractivity contribution in [1.82, 2.24) is 0 Å². The number of aliphatic hydroxyl groups is 1. The Bertz CT molecular complexity index is 303. The minimum absolute atomic E-state index is 0.0301. The van der Waals surface area contributed by atoms with Crippen LogP contribution >= 0.6 is 0 Å². The number of rotatable bonds is 28. The van der Waals surface area contributed by atoms with E-state index in [-0.39, 0.29) is 6.61 Å². The fourth-order valence-corrected chi connectivity index (χ4v) is 2.01. The maximum absolute atomic E-state index is 8.54.